The Labute approximate surface area is 883 Å². The van der Waals surface area contributed by atoms with Gasteiger partial charge in [0, 0.05) is 163 Å². The molecule has 0 saturated heterocycles. The second kappa shape index (κ2) is 37.8. The number of anilines is 9. The number of aromatic nitrogens is 7. The van der Waals surface area contributed by atoms with Gasteiger partial charge in [-0.2, -0.15) is 0 Å². The fourth-order valence-electron chi connectivity index (χ4n) is 24.9. The third-order valence-corrected chi connectivity index (χ3v) is 32.5. The Morgan fingerprint density at radius 3 is 0.527 bits per heavy atom. The van der Waals surface area contributed by atoms with E-state index in [0.717, 1.165) is 118 Å². The van der Waals surface area contributed by atoms with Crippen molar-refractivity contribution in [2.75, 3.05) is 14.7 Å². The molecule has 14 aromatic carbocycles. The molecule has 10 nitrogen and oxygen atoms in total. The minimum Gasteiger partial charge on any atom is -0.309 e. The molecule has 7 aromatic heterocycles. The number of rotatable bonds is 15. The number of hydrogen-bond donors (Lipinski definition) is 0. The molecule has 0 amide bonds. The Hall–Kier alpha value is -17.5. The van der Waals surface area contributed by atoms with Gasteiger partial charge in [0.2, 0.25) is 0 Å². The summed E-state index contributed by atoms with van der Waals surface area (Å²) in [5.74, 6) is 0. The maximum Gasteiger partial charge on any atom is 0.0650 e. The molecule has 21 aromatic rings. The predicted molar refractivity (Wildman–Crippen MR) is 626 cm³/mol. The minimum atomic E-state index is -0.125. The molecular formula is C140H122N10. The van der Waals surface area contributed by atoms with Crippen molar-refractivity contribution in [1.82, 2.24) is 34.9 Å². The first-order valence-electron chi connectivity index (χ1n) is 51.0. The van der Waals surface area contributed by atoms with Crippen molar-refractivity contribution in [1.29, 1.82) is 0 Å². The quantitative estimate of drug-likeness (QED) is 0.0986. The lowest BCUT2D eigenvalue weighted by Gasteiger charge is -2.30. The van der Waals surface area contributed by atoms with Gasteiger partial charge in [0.1, 0.15) is 0 Å². The van der Waals surface area contributed by atoms with Crippen LogP contribution in [-0.2, 0) is 32.5 Å². The fraction of sp³-hybridized carbons (Fsp3) is 0.150. The third-order valence-electron chi connectivity index (χ3n) is 32.5. The summed E-state index contributed by atoms with van der Waals surface area (Å²) in [7, 11) is 0. The first-order valence-corrected chi connectivity index (χ1v) is 51.0. The summed E-state index contributed by atoms with van der Waals surface area (Å²) in [5.41, 5.74) is 53.9. The van der Waals surface area contributed by atoms with E-state index in [1.54, 1.807) is 0 Å². The van der Waals surface area contributed by atoms with E-state index in [0.29, 0.717) is 0 Å². The predicted octanol–water partition coefficient (Wildman–Crippen LogP) is 37.0. The van der Waals surface area contributed by atoms with Gasteiger partial charge in [-0.1, -0.05) is 360 Å². The van der Waals surface area contributed by atoms with Crippen LogP contribution in [-0.4, -0.2) is 34.9 Å². The summed E-state index contributed by atoms with van der Waals surface area (Å²) in [6.45, 7) is 28.1. The van der Waals surface area contributed by atoms with E-state index in [1.165, 1.54) is 134 Å². The highest BCUT2D eigenvalue weighted by Crippen LogP contribution is 2.61. The van der Waals surface area contributed by atoms with Gasteiger partial charge < -0.3 is 14.7 Å². The molecule has 0 aliphatic heterocycles. The lowest BCUT2D eigenvalue weighted by atomic mass is 9.81. The first kappa shape index (κ1) is 97.3. The molecule has 0 radical (unpaired) electrons. The van der Waals surface area contributed by atoms with Gasteiger partial charge in [-0.25, -0.2) is 0 Å². The van der Waals surface area contributed by atoms with Crippen LogP contribution in [0.25, 0.3) is 134 Å². The summed E-state index contributed by atoms with van der Waals surface area (Å²) in [6, 6.07) is 133. The Morgan fingerprint density at radius 1 is 0.140 bits per heavy atom. The van der Waals surface area contributed by atoms with Crippen LogP contribution < -0.4 is 14.7 Å². The molecule has 6 aliphatic rings. The SMILES string of the molecule is C.C.C.CC1(C)c2ccccc2-c2ccc(-c3cncc(-c4ccc5c(c4)C(C)(C)c4ccccc4-5)c3N(c3ccccc3)c3ccccc3)cc21.CC1(C)c2ccccc2-c2ccc(-c3cncc(-c4ccc5c(c4)C(C)(C)c4ccccc4-5)c3N(c3cccnc3)c3cccnc3)cc21.CC1(C)c2ccccc2-c2ccc(-c3cncc(-c4ccc5c(c4)C(C)(C)c4ccccc4-5)c3N(c3ccncc3)c3ccncc3)cc21. The molecule has 0 spiro atoms. The average molecular weight is 1940 g/mol. The average Bonchev–Trinajstić information content (AvgIpc) is 1.52. The summed E-state index contributed by atoms with van der Waals surface area (Å²) < 4.78 is 0. The second-order valence-electron chi connectivity index (χ2n) is 42.8. The van der Waals surface area contributed by atoms with Crippen molar-refractivity contribution in [3.8, 4) is 134 Å². The van der Waals surface area contributed by atoms with E-state index in [2.05, 4.69) is 482 Å². The van der Waals surface area contributed by atoms with Crippen LogP contribution in [0.3, 0.4) is 0 Å². The van der Waals surface area contributed by atoms with E-state index in [-0.39, 0.29) is 54.8 Å². The van der Waals surface area contributed by atoms with Crippen LogP contribution >= 0.6 is 0 Å². The van der Waals surface area contributed by atoms with Crippen LogP contribution in [0, 0.1) is 0 Å². The van der Waals surface area contributed by atoms with E-state index in [9.17, 15) is 0 Å². The second-order valence-corrected chi connectivity index (χ2v) is 42.8. The standard InChI is InChI=1S/C47H38N2.2C45H36N4.3CH4/c1-46(2)41-21-13-11-19-35(41)37-25-23-31(27-43(37)46)39-29-48-30-40(45(39)49(33-15-7-5-8-16-33)34-17-9-6-10-18-34)32-24-26-38-36-20-12-14-22-42(36)47(3,4)44(38)28-32;1-44(2)39-15-7-5-13-33(39)35-19-17-29(23-41(35)44)37-27-48-28-38(43(37)49(31-11-9-21-46-25-31)32-12-10-22-47-26-32)30-18-20-36-34-14-6-8-16-40(34)45(3,4)42(36)24-30;1-44(2)39-11-7-5-9-33(39)35-15-13-29(25-41(35)44)37-27-48-28-38(43(37)49(31-17-21-46-22-18-31)32-19-23-47-24-20-32)30-14-16-36-34-10-6-8-12-40(34)45(3,4)42(36)26-30;;;/h5-30H,1-4H3;2*5-28H,1-4H3;3*1H4. The normalized spacial score (nSPS) is 14.2. The van der Waals surface area contributed by atoms with E-state index >= 15 is 0 Å². The van der Waals surface area contributed by atoms with Gasteiger partial charge in [-0.15, -0.1) is 0 Å². The van der Waals surface area contributed by atoms with Crippen molar-refractivity contribution in [2.24, 2.45) is 0 Å². The number of hydrogen-bond acceptors (Lipinski definition) is 10. The summed E-state index contributed by atoms with van der Waals surface area (Å²) in [6.07, 6.45) is 27.1. The van der Waals surface area contributed by atoms with Gasteiger partial charge >= 0.3 is 0 Å². The number of benzene rings is 14. The molecule has 150 heavy (non-hydrogen) atoms. The van der Waals surface area contributed by atoms with Crippen LogP contribution in [0.4, 0.5) is 51.2 Å². The Bertz CT molecular complexity index is 7490. The van der Waals surface area contributed by atoms with Gasteiger partial charge in [0.15, 0.2) is 0 Å². The van der Waals surface area contributed by atoms with Gasteiger partial charge in [0.25, 0.3) is 0 Å². The van der Waals surface area contributed by atoms with Crippen LogP contribution in [0.5, 0.6) is 0 Å². The zero-order chi connectivity index (χ0) is 100.0. The number of para-hydroxylation sites is 2. The van der Waals surface area contributed by atoms with Gasteiger partial charge in [0.05, 0.1) is 40.8 Å². The maximum absolute atomic E-state index is 4.98. The minimum absolute atomic E-state index is 0. The molecule has 0 bridgehead atoms. The molecule has 0 fully saturated rings. The van der Waals surface area contributed by atoms with E-state index in [4.69, 9.17) is 15.0 Å². The Balaban J connectivity index is 0.000000126. The summed E-state index contributed by atoms with van der Waals surface area (Å²) >= 11 is 0. The van der Waals surface area contributed by atoms with Gasteiger partial charge in [-0.3, -0.25) is 34.9 Å². The monoisotopic (exact) mass is 1940 g/mol. The molecule has 10 heteroatoms. The lowest BCUT2D eigenvalue weighted by Crippen LogP contribution is -2.16. The molecular weight excluding hydrogens is 1820 g/mol. The maximum atomic E-state index is 4.98. The van der Waals surface area contributed by atoms with Crippen LogP contribution in [0.15, 0.2) is 451 Å². The fourth-order valence-corrected chi connectivity index (χ4v) is 24.9. The third kappa shape index (κ3) is 15.8. The molecule has 0 unspecified atom stereocenters. The topological polar surface area (TPSA) is 100.0 Å². The van der Waals surface area contributed by atoms with Crippen LogP contribution in [0.1, 0.15) is 172 Å². The number of nitrogens with zero attached hydrogens (tertiary/aromatic N) is 10. The van der Waals surface area contributed by atoms with E-state index in [1.807, 2.05) is 86.5 Å². The Kier molecular flexibility index (Phi) is 24.5. The van der Waals surface area contributed by atoms with Crippen LogP contribution in [0.2, 0.25) is 0 Å². The highest BCUT2D eigenvalue weighted by Gasteiger charge is 2.44. The van der Waals surface area contributed by atoms with Crippen molar-refractivity contribution >= 4 is 51.2 Å². The number of pyridine rings is 7. The van der Waals surface area contributed by atoms with Gasteiger partial charge in [-0.05, 0) is 276 Å². The largest absolute Gasteiger partial charge is 0.309 e. The molecule has 0 atom stereocenters. The zero-order valence-corrected chi connectivity index (χ0v) is 84.7. The van der Waals surface area contributed by atoms with Crippen molar-refractivity contribution < 1.29 is 0 Å². The first-order chi connectivity index (χ1) is 71.5. The number of fused-ring (bicyclic) bond motifs is 18. The summed E-state index contributed by atoms with van der Waals surface area (Å²) in [5, 5.41) is 0. The highest BCUT2D eigenvalue weighted by molar-refractivity contribution is 6.04. The molecule has 27 rings (SSSR count). The summed E-state index contributed by atoms with van der Waals surface area (Å²) in [4.78, 5) is 39.8. The molecule has 732 valence electrons. The molecule has 6 aliphatic carbocycles. The van der Waals surface area contributed by atoms with Crippen molar-refractivity contribution in [3.05, 3.63) is 517 Å². The van der Waals surface area contributed by atoms with Crippen molar-refractivity contribution in [2.45, 2.75) is 138 Å². The van der Waals surface area contributed by atoms with E-state index < -0.39 is 0 Å². The lowest BCUT2D eigenvalue weighted by molar-refractivity contribution is 0.660. The van der Waals surface area contributed by atoms with Crippen molar-refractivity contribution in [3.63, 3.8) is 0 Å². The highest BCUT2D eigenvalue weighted by atomic mass is 15.2. The Morgan fingerprint density at radius 2 is 0.320 bits per heavy atom. The molecule has 0 saturated carbocycles. The smallest absolute Gasteiger partial charge is 0.0650 e. The molecule has 0 N–H and O–H groups in total. The molecule has 7 heterocycles. The zero-order valence-electron chi connectivity index (χ0n) is 84.7.